The molecule has 0 aliphatic heterocycles. The third kappa shape index (κ3) is 8.68. The predicted molar refractivity (Wildman–Crippen MR) is 157 cm³/mol. The normalized spacial score (nSPS) is 12.5. The molecule has 0 saturated heterocycles. The van der Waals surface area contributed by atoms with Crippen molar-refractivity contribution in [2.75, 3.05) is 17.1 Å². The minimum Gasteiger partial charge on any atom is -0.350 e. The SMILES string of the molecule is Cc1cccc(CN(C(=O)CN(c2ccccc2C)S(C)(=O)=O)[C@@H](Cc2ccccc2)C(=O)NC(C)(C)C)c1. The molecule has 0 aromatic heterocycles. The highest BCUT2D eigenvalue weighted by Gasteiger charge is 2.34. The molecule has 0 aliphatic carbocycles. The standard InChI is InChI=1S/C31H39N3O4S/c1-23-13-12-17-26(19-23)21-33(28(30(36)32-31(3,4)5)20-25-15-8-7-9-16-25)29(35)22-34(39(6,37)38)27-18-11-10-14-24(27)2/h7-19,28H,20-22H2,1-6H3,(H,32,36)/t28-/m0/s1. The summed E-state index contributed by atoms with van der Waals surface area (Å²) < 4.78 is 26.9. The Balaban J connectivity index is 2.09. The second kappa shape index (κ2) is 12.5. The lowest BCUT2D eigenvalue weighted by Crippen LogP contribution is -2.56. The number of hydrogen-bond donors (Lipinski definition) is 1. The van der Waals surface area contributed by atoms with Crippen molar-refractivity contribution < 1.29 is 18.0 Å². The van der Waals surface area contributed by atoms with E-state index in [9.17, 15) is 18.0 Å². The summed E-state index contributed by atoms with van der Waals surface area (Å²) in [5, 5.41) is 3.03. The monoisotopic (exact) mass is 549 g/mol. The maximum atomic E-state index is 14.1. The Hall–Kier alpha value is -3.65. The van der Waals surface area contributed by atoms with Gasteiger partial charge in [-0.2, -0.15) is 0 Å². The Morgan fingerprint density at radius 1 is 0.872 bits per heavy atom. The van der Waals surface area contributed by atoms with E-state index in [1.54, 1.807) is 25.1 Å². The molecule has 0 heterocycles. The van der Waals surface area contributed by atoms with Gasteiger partial charge in [-0.3, -0.25) is 13.9 Å². The summed E-state index contributed by atoms with van der Waals surface area (Å²) in [7, 11) is -3.80. The zero-order valence-corrected chi connectivity index (χ0v) is 24.5. The number of amides is 2. The molecule has 3 aromatic carbocycles. The first kappa shape index (κ1) is 29.9. The third-order valence-corrected chi connectivity index (χ3v) is 7.39. The van der Waals surface area contributed by atoms with Crippen LogP contribution in [0.2, 0.25) is 0 Å². The van der Waals surface area contributed by atoms with Gasteiger partial charge in [0.2, 0.25) is 21.8 Å². The van der Waals surface area contributed by atoms with Crippen LogP contribution in [0.5, 0.6) is 0 Å². The van der Waals surface area contributed by atoms with E-state index < -0.39 is 34.1 Å². The second-order valence-corrected chi connectivity index (χ2v) is 12.9. The van der Waals surface area contributed by atoms with E-state index in [1.807, 2.05) is 88.4 Å². The van der Waals surface area contributed by atoms with Crippen molar-refractivity contribution >= 4 is 27.5 Å². The smallest absolute Gasteiger partial charge is 0.244 e. The van der Waals surface area contributed by atoms with Crippen molar-refractivity contribution in [2.24, 2.45) is 0 Å². The summed E-state index contributed by atoms with van der Waals surface area (Å²) in [5.74, 6) is -0.760. The largest absolute Gasteiger partial charge is 0.350 e. The average Bonchev–Trinajstić information content (AvgIpc) is 2.84. The van der Waals surface area contributed by atoms with Crippen LogP contribution in [0.4, 0.5) is 5.69 Å². The molecular formula is C31H39N3O4S. The lowest BCUT2D eigenvalue weighted by Gasteiger charge is -2.35. The van der Waals surface area contributed by atoms with E-state index >= 15 is 0 Å². The Morgan fingerprint density at radius 2 is 1.49 bits per heavy atom. The number of carbonyl (C=O) groups excluding carboxylic acids is 2. The summed E-state index contributed by atoms with van der Waals surface area (Å²) in [4.78, 5) is 29.4. The third-order valence-electron chi connectivity index (χ3n) is 6.27. The molecule has 3 aromatic rings. The van der Waals surface area contributed by atoms with Gasteiger partial charge in [-0.15, -0.1) is 0 Å². The highest BCUT2D eigenvalue weighted by atomic mass is 32.2. The number of rotatable bonds is 10. The van der Waals surface area contributed by atoms with Gasteiger partial charge >= 0.3 is 0 Å². The van der Waals surface area contributed by atoms with E-state index in [-0.39, 0.29) is 18.9 Å². The lowest BCUT2D eigenvalue weighted by molar-refractivity contribution is -0.140. The van der Waals surface area contributed by atoms with Gasteiger partial charge in [-0.25, -0.2) is 8.42 Å². The van der Waals surface area contributed by atoms with Crippen molar-refractivity contribution in [2.45, 2.75) is 59.2 Å². The molecule has 2 amide bonds. The molecule has 0 spiro atoms. The van der Waals surface area contributed by atoms with Crippen LogP contribution >= 0.6 is 0 Å². The average molecular weight is 550 g/mol. The molecule has 0 unspecified atom stereocenters. The highest BCUT2D eigenvalue weighted by Crippen LogP contribution is 2.24. The summed E-state index contributed by atoms with van der Waals surface area (Å²) in [6.07, 6.45) is 1.37. The van der Waals surface area contributed by atoms with Gasteiger partial charge in [-0.05, 0) is 57.4 Å². The Bertz CT molecular complexity index is 1400. The first-order valence-electron chi connectivity index (χ1n) is 13.0. The molecule has 0 fully saturated rings. The van der Waals surface area contributed by atoms with Crippen molar-refractivity contribution in [3.8, 4) is 0 Å². The molecule has 0 saturated carbocycles. The molecule has 208 valence electrons. The zero-order valence-electron chi connectivity index (χ0n) is 23.6. The van der Waals surface area contributed by atoms with Crippen molar-refractivity contribution in [1.82, 2.24) is 10.2 Å². The van der Waals surface area contributed by atoms with Crippen molar-refractivity contribution in [1.29, 1.82) is 0 Å². The number of nitrogens with one attached hydrogen (secondary N) is 1. The van der Waals surface area contributed by atoms with E-state index in [0.717, 1.165) is 32.8 Å². The van der Waals surface area contributed by atoms with Crippen molar-refractivity contribution in [3.05, 3.63) is 101 Å². The Labute approximate surface area is 232 Å². The number of para-hydroxylation sites is 1. The topological polar surface area (TPSA) is 86.8 Å². The summed E-state index contributed by atoms with van der Waals surface area (Å²) in [5.41, 5.74) is 3.41. The molecule has 0 bridgehead atoms. The van der Waals surface area contributed by atoms with Crippen LogP contribution in [0.15, 0.2) is 78.9 Å². The molecule has 1 atom stereocenters. The number of aryl methyl sites for hydroxylation is 2. The van der Waals surface area contributed by atoms with Gasteiger partial charge in [0.15, 0.2) is 0 Å². The van der Waals surface area contributed by atoms with E-state index in [1.165, 1.54) is 4.90 Å². The second-order valence-electron chi connectivity index (χ2n) is 11.0. The quantitative estimate of drug-likeness (QED) is 0.400. The van der Waals surface area contributed by atoms with Gasteiger partial charge in [0.1, 0.15) is 12.6 Å². The van der Waals surface area contributed by atoms with Gasteiger partial charge < -0.3 is 10.2 Å². The summed E-state index contributed by atoms with van der Waals surface area (Å²) >= 11 is 0. The van der Waals surface area contributed by atoms with Crippen LogP contribution in [0.3, 0.4) is 0 Å². The minimum absolute atomic E-state index is 0.154. The molecule has 1 N–H and O–H groups in total. The van der Waals surface area contributed by atoms with Gasteiger partial charge in [0, 0.05) is 18.5 Å². The van der Waals surface area contributed by atoms with E-state index in [0.29, 0.717) is 5.69 Å². The van der Waals surface area contributed by atoms with Crippen LogP contribution in [-0.2, 0) is 32.6 Å². The van der Waals surface area contributed by atoms with Crippen LogP contribution < -0.4 is 9.62 Å². The fourth-order valence-corrected chi connectivity index (χ4v) is 5.36. The maximum absolute atomic E-state index is 14.1. The first-order chi connectivity index (χ1) is 18.2. The predicted octanol–water partition coefficient (Wildman–Crippen LogP) is 4.62. The first-order valence-corrected chi connectivity index (χ1v) is 14.8. The zero-order chi connectivity index (χ0) is 28.8. The molecule has 3 rings (SSSR count). The van der Waals surface area contributed by atoms with Gasteiger partial charge in [0.25, 0.3) is 0 Å². The van der Waals surface area contributed by atoms with Crippen LogP contribution in [0.25, 0.3) is 0 Å². The van der Waals surface area contributed by atoms with Crippen LogP contribution in [-0.4, -0.2) is 49.5 Å². The number of anilines is 1. The summed E-state index contributed by atoms with van der Waals surface area (Å²) in [6, 6.07) is 23.5. The fraction of sp³-hybridized carbons (Fsp3) is 0.355. The fourth-order valence-electron chi connectivity index (χ4n) is 4.45. The van der Waals surface area contributed by atoms with Gasteiger partial charge in [0.05, 0.1) is 11.9 Å². The number of nitrogens with zero attached hydrogens (tertiary/aromatic N) is 2. The molecule has 7 nitrogen and oxygen atoms in total. The van der Waals surface area contributed by atoms with Crippen LogP contribution in [0.1, 0.15) is 43.0 Å². The minimum atomic E-state index is -3.80. The number of hydrogen-bond acceptors (Lipinski definition) is 4. The van der Waals surface area contributed by atoms with Gasteiger partial charge in [-0.1, -0.05) is 78.4 Å². The van der Waals surface area contributed by atoms with E-state index in [4.69, 9.17) is 0 Å². The Kier molecular flexibility index (Phi) is 9.56. The number of sulfonamides is 1. The maximum Gasteiger partial charge on any atom is 0.244 e. The van der Waals surface area contributed by atoms with Crippen molar-refractivity contribution in [3.63, 3.8) is 0 Å². The highest BCUT2D eigenvalue weighted by molar-refractivity contribution is 7.92. The molecule has 8 heteroatoms. The Morgan fingerprint density at radius 3 is 2.08 bits per heavy atom. The number of carbonyl (C=O) groups is 2. The molecular weight excluding hydrogens is 510 g/mol. The lowest BCUT2D eigenvalue weighted by atomic mass is 10.0. The van der Waals surface area contributed by atoms with E-state index in [2.05, 4.69) is 5.32 Å². The summed E-state index contributed by atoms with van der Waals surface area (Å²) in [6.45, 7) is 9.16. The number of benzene rings is 3. The van der Waals surface area contributed by atoms with Crippen LogP contribution in [0, 0.1) is 13.8 Å². The molecule has 39 heavy (non-hydrogen) atoms. The molecule has 0 radical (unpaired) electrons. The molecule has 0 aliphatic rings.